The molecule has 0 aliphatic carbocycles. The van der Waals surface area contributed by atoms with Crippen molar-refractivity contribution in [3.63, 3.8) is 0 Å². The summed E-state index contributed by atoms with van der Waals surface area (Å²) in [6, 6.07) is 3.54. The van der Waals surface area contributed by atoms with E-state index in [1.54, 1.807) is 12.3 Å². The molecule has 1 aromatic carbocycles. The Balaban J connectivity index is 2.39. The minimum atomic E-state index is -1.09. The molecule has 18 heavy (non-hydrogen) atoms. The van der Waals surface area contributed by atoms with Gasteiger partial charge >= 0.3 is 5.97 Å². The Morgan fingerprint density at radius 2 is 2.28 bits per heavy atom. The van der Waals surface area contributed by atoms with Gasteiger partial charge in [0.05, 0.1) is 5.69 Å². The molecule has 1 heterocycles. The lowest BCUT2D eigenvalue weighted by Crippen LogP contribution is -2.32. The van der Waals surface area contributed by atoms with E-state index in [1.165, 1.54) is 12.1 Å². The van der Waals surface area contributed by atoms with Crippen molar-refractivity contribution in [3.8, 4) is 0 Å². The molecule has 0 radical (unpaired) electrons. The number of carbonyl (C=O) groups is 1. The van der Waals surface area contributed by atoms with Crippen LogP contribution in [-0.2, 0) is 11.2 Å². The van der Waals surface area contributed by atoms with E-state index >= 15 is 0 Å². The summed E-state index contributed by atoms with van der Waals surface area (Å²) < 4.78 is 0. The highest BCUT2D eigenvalue weighted by Crippen LogP contribution is 2.24. The third-order valence-corrected chi connectivity index (χ3v) is 2.73. The zero-order chi connectivity index (χ0) is 13.3. The molecular formula is C11H12N3O4-. The van der Waals surface area contributed by atoms with Crippen LogP contribution in [0, 0.1) is 5.21 Å². The van der Waals surface area contributed by atoms with Gasteiger partial charge in [0.25, 0.3) is 0 Å². The van der Waals surface area contributed by atoms with E-state index in [0.717, 1.165) is 5.52 Å². The van der Waals surface area contributed by atoms with Crippen molar-refractivity contribution >= 4 is 22.6 Å². The van der Waals surface area contributed by atoms with Crippen LogP contribution < -0.4 is 11.0 Å². The van der Waals surface area contributed by atoms with E-state index in [0.29, 0.717) is 10.9 Å². The lowest BCUT2D eigenvalue weighted by molar-refractivity contribution is -0.138. The van der Waals surface area contributed by atoms with Crippen LogP contribution in [-0.4, -0.2) is 27.3 Å². The number of aromatic nitrogens is 1. The Kier molecular flexibility index (Phi) is 3.19. The summed E-state index contributed by atoms with van der Waals surface area (Å²) in [4.78, 5) is 13.7. The molecule has 0 aliphatic rings. The minimum Gasteiger partial charge on any atom is -0.733 e. The normalized spacial score (nSPS) is 12.6. The van der Waals surface area contributed by atoms with Crippen LogP contribution in [0.3, 0.4) is 0 Å². The van der Waals surface area contributed by atoms with Crippen LogP contribution in [0.4, 0.5) is 5.69 Å². The predicted molar refractivity (Wildman–Crippen MR) is 65.2 cm³/mol. The van der Waals surface area contributed by atoms with Crippen LogP contribution in [0.1, 0.15) is 5.56 Å². The van der Waals surface area contributed by atoms with Crippen molar-refractivity contribution in [2.75, 3.05) is 5.23 Å². The fourth-order valence-corrected chi connectivity index (χ4v) is 1.78. The van der Waals surface area contributed by atoms with Crippen LogP contribution in [0.15, 0.2) is 24.4 Å². The maximum absolute atomic E-state index is 10.8. The first-order chi connectivity index (χ1) is 8.49. The van der Waals surface area contributed by atoms with Gasteiger partial charge in [-0.1, -0.05) is 0 Å². The smallest absolute Gasteiger partial charge is 0.320 e. The molecule has 7 nitrogen and oxygen atoms in total. The zero-order valence-corrected chi connectivity index (χ0v) is 9.33. The summed E-state index contributed by atoms with van der Waals surface area (Å²) >= 11 is 0. The molecule has 0 amide bonds. The number of aliphatic carboxylic acids is 1. The minimum absolute atomic E-state index is 0.0762. The van der Waals surface area contributed by atoms with E-state index in [4.69, 9.17) is 16.0 Å². The number of benzene rings is 1. The van der Waals surface area contributed by atoms with Crippen molar-refractivity contribution in [2.24, 2.45) is 5.73 Å². The number of carboxylic acid groups (broad SMARTS) is 1. The summed E-state index contributed by atoms with van der Waals surface area (Å²) in [5, 5.41) is 28.8. The van der Waals surface area contributed by atoms with Crippen molar-refractivity contribution in [3.05, 3.63) is 35.2 Å². The number of H-pyrrole nitrogens is 1. The van der Waals surface area contributed by atoms with Crippen molar-refractivity contribution < 1.29 is 15.1 Å². The first-order valence-electron chi connectivity index (χ1n) is 5.23. The zero-order valence-electron chi connectivity index (χ0n) is 9.33. The SMILES string of the molecule is NC(Cc1c[nH]c2ccc(N([O-])O)cc12)C(=O)O. The first kappa shape index (κ1) is 12.4. The third-order valence-electron chi connectivity index (χ3n) is 2.73. The second kappa shape index (κ2) is 4.65. The number of anilines is 1. The van der Waals surface area contributed by atoms with Gasteiger partial charge in [-0.25, -0.2) is 0 Å². The van der Waals surface area contributed by atoms with Gasteiger partial charge in [0.15, 0.2) is 0 Å². The number of rotatable bonds is 4. The highest BCUT2D eigenvalue weighted by atomic mass is 16.8. The van der Waals surface area contributed by atoms with Gasteiger partial charge < -0.3 is 26.3 Å². The van der Waals surface area contributed by atoms with Crippen LogP contribution >= 0.6 is 0 Å². The Hall–Kier alpha value is -2.09. The number of nitrogens with one attached hydrogen (secondary N) is 1. The average Bonchev–Trinajstić information content (AvgIpc) is 2.71. The monoisotopic (exact) mass is 250 g/mol. The Morgan fingerprint density at radius 3 is 2.89 bits per heavy atom. The standard InChI is InChI=1S/C11H12N3O4/c12-9(11(15)16)3-6-5-13-10-2-1-7(14(17)18)4-8(6)10/h1-2,4-5,9,13,17H,3,12H2,(H,15,16)/q-1. The van der Waals surface area contributed by atoms with Gasteiger partial charge in [0.1, 0.15) is 6.04 Å². The molecule has 0 fully saturated rings. The predicted octanol–water partition coefficient (Wildman–Crippen LogP) is 0.816. The summed E-state index contributed by atoms with van der Waals surface area (Å²) in [5.41, 5.74) is 6.97. The van der Waals surface area contributed by atoms with Gasteiger partial charge in [0, 0.05) is 23.5 Å². The topological polar surface area (TPSA) is 126 Å². The van der Waals surface area contributed by atoms with Crippen LogP contribution in [0.25, 0.3) is 10.9 Å². The molecule has 0 aliphatic heterocycles. The molecule has 96 valence electrons. The second-order valence-electron chi connectivity index (χ2n) is 3.97. The molecule has 0 spiro atoms. The summed E-state index contributed by atoms with van der Waals surface area (Å²) in [7, 11) is 0. The molecular weight excluding hydrogens is 238 g/mol. The molecule has 1 atom stereocenters. The lowest BCUT2D eigenvalue weighted by atomic mass is 10.1. The van der Waals surface area contributed by atoms with E-state index in [9.17, 15) is 10.0 Å². The van der Waals surface area contributed by atoms with Crippen LogP contribution in [0.5, 0.6) is 0 Å². The molecule has 7 heteroatoms. The average molecular weight is 250 g/mol. The number of nitrogens with two attached hydrogens (primary N) is 1. The van der Waals surface area contributed by atoms with Crippen LogP contribution in [0.2, 0.25) is 0 Å². The Labute approximate surface area is 102 Å². The van der Waals surface area contributed by atoms with Gasteiger partial charge in [-0.3, -0.25) is 10.0 Å². The number of fused-ring (bicyclic) bond motifs is 1. The fraction of sp³-hybridized carbons (Fsp3) is 0.182. The highest BCUT2D eigenvalue weighted by Gasteiger charge is 2.15. The maximum Gasteiger partial charge on any atom is 0.320 e. The lowest BCUT2D eigenvalue weighted by Gasteiger charge is -2.21. The second-order valence-corrected chi connectivity index (χ2v) is 3.97. The highest BCUT2D eigenvalue weighted by molar-refractivity contribution is 5.87. The third kappa shape index (κ3) is 2.28. The number of hydrogen-bond acceptors (Lipinski definition) is 5. The van der Waals surface area contributed by atoms with E-state index in [-0.39, 0.29) is 17.3 Å². The molecule has 5 N–H and O–H groups in total. The van der Waals surface area contributed by atoms with E-state index in [2.05, 4.69) is 4.98 Å². The number of hydrogen-bond donors (Lipinski definition) is 4. The van der Waals surface area contributed by atoms with Gasteiger partial charge in [-0.2, -0.15) is 0 Å². The summed E-state index contributed by atoms with van der Waals surface area (Å²) in [5.74, 6) is -1.09. The van der Waals surface area contributed by atoms with Crippen molar-refractivity contribution in [2.45, 2.75) is 12.5 Å². The molecule has 0 saturated carbocycles. The van der Waals surface area contributed by atoms with Gasteiger partial charge in [-0.15, -0.1) is 0 Å². The molecule has 2 rings (SSSR count). The first-order valence-corrected chi connectivity index (χ1v) is 5.23. The number of carboxylic acids is 1. The number of nitrogens with zero attached hydrogens (tertiary/aromatic N) is 1. The molecule has 1 aromatic heterocycles. The van der Waals surface area contributed by atoms with Crippen molar-refractivity contribution in [1.82, 2.24) is 4.98 Å². The molecule has 1 unspecified atom stereocenters. The Morgan fingerprint density at radius 1 is 1.56 bits per heavy atom. The summed E-state index contributed by atoms with van der Waals surface area (Å²) in [6.07, 6.45) is 1.78. The summed E-state index contributed by atoms with van der Waals surface area (Å²) in [6.45, 7) is 0. The quantitative estimate of drug-likeness (QED) is 0.595. The fourth-order valence-electron chi connectivity index (χ4n) is 1.78. The van der Waals surface area contributed by atoms with Gasteiger partial charge in [0.2, 0.25) is 0 Å². The van der Waals surface area contributed by atoms with Crippen molar-refractivity contribution in [1.29, 1.82) is 0 Å². The van der Waals surface area contributed by atoms with Gasteiger partial charge in [-0.05, 0) is 23.8 Å². The maximum atomic E-state index is 10.8. The van der Waals surface area contributed by atoms with E-state index < -0.39 is 12.0 Å². The number of aromatic amines is 1. The molecule has 0 saturated heterocycles. The molecule has 0 bridgehead atoms. The molecule has 2 aromatic rings. The van der Waals surface area contributed by atoms with E-state index in [1.807, 2.05) is 0 Å². The largest absolute Gasteiger partial charge is 0.733 e. The Bertz CT molecular complexity index is 579.